The van der Waals surface area contributed by atoms with Crippen LogP contribution in [0.3, 0.4) is 0 Å². The fourth-order valence-electron chi connectivity index (χ4n) is 2.32. The molecule has 0 radical (unpaired) electrons. The lowest BCUT2D eigenvalue weighted by atomic mass is 10.2. The maximum absolute atomic E-state index is 12.0. The van der Waals surface area contributed by atoms with Gasteiger partial charge in [0.15, 0.2) is 0 Å². The van der Waals surface area contributed by atoms with Gasteiger partial charge in [-0.15, -0.1) is 10.2 Å². The van der Waals surface area contributed by atoms with E-state index >= 15 is 0 Å². The molecule has 0 atom stereocenters. The minimum atomic E-state index is -0.0286. The van der Waals surface area contributed by atoms with Gasteiger partial charge in [0.2, 0.25) is 11.7 Å². The number of carbonyl (C=O) groups excluding carboxylic acids is 1. The highest BCUT2D eigenvalue weighted by molar-refractivity contribution is 9.10. The highest BCUT2D eigenvalue weighted by Crippen LogP contribution is 2.20. The predicted molar refractivity (Wildman–Crippen MR) is 100.0 cm³/mol. The zero-order chi connectivity index (χ0) is 17.6. The standard InChI is InChI=1S/C18H18BrN5O/c1-13-9-10-15(12-16(13)19)20-17(25)8-5-11-24-22-18(21-23-24)14-6-3-2-4-7-14/h2-4,6-7,9-10,12H,5,8,11H2,1H3,(H,20,25). The van der Waals surface area contributed by atoms with Gasteiger partial charge in [0.25, 0.3) is 0 Å². The largest absolute Gasteiger partial charge is 0.326 e. The van der Waals surface area contributed by atoms with Crippen molar-refractivity contribution in [2.75, 3.05) is 5.32 Å². The summed E-state index contributed by atoms with van der Waals surface area (Å²) in [4.78, 5) is 13.6. The summed E-state index contributed by atoms with van der Waals surface area (Å²) in [6.45, 7) is 2.55. The molecule has 0 aliphatic carbocycles. The van der Waals surface area contributed by atoms with Gasteiger partial charge in [-0.2, -0.15) is 4.80 Å². The number of hydrogen-bond acceptors (Lipinski definition) is 4. The van der Waals surface area contributed by atoms with Gasteiger partial charge < -0.3 is 5.32 Å². The lowest BCUT2D eigenvalue weighted by molar-refractivity contribution is -0.116. The van der Waals surface area contributed by atoms with E-state index in [1.54, 1.807) is 0 Å². The molecule has 25 heavy (non-hydrogen) atoms. The maximum Gasteiger partial charge on any atom is 0.224 e. The third kappa shape index (κ3) is 4.73. The molecule has 0 bridgehead atoms. The molecular formula is C18H18BrN5O. The fourth-order valence-corrected chi connectivity index (χ4v) is 2.69. The summed E-state index contributed by atoms with van der Waals surface area (Å²) in [5.41, 5.74) is 2.84. The molecule has 2 aromatic carbocycles. The average molecular weight is 400 g/mol. The molecule has 0 fully saturated rings. The van der Waals surface area contributed by atoms with Crippen molar-refractivity contribution >= 4 is 27.5 Å². The Morgan fingerprint density at radius 3 is 2.76 bits per heavy atom. The van der Waals surface area contributed by atoms with Crippen LogP contribution in [0.5, 0.6) is 0 Å². The molecule has 3 aromatic rings. The maximum atomic E-state index is 12.0. The molecule has 0 saturated heterocycles. The molecule has 7 heteroatoms. The van der Waals surface area contributed by atoms with Crippen LogP contribution in [-0.4, -0.2) is 26.1 Å². The van der Waals surface area contributed by atoms with Crippen molar-refractivity contribution in [3.8, 4) is 11.4 Å². The SMILES string of the molecule is Cc1ccc(NC(=O)CCCn2nnc(-c3ccccc3)n2)cc1Br. The first-order chi connectivity index (χ1) is 12.1. The lowest BCUT2D eigenvalue weighted by Gasteiger charge is -2.06. The summed E-state index contributed by atoms with van der Waals surface area (Å²) in [7, 11) is 0. The Morgan fingerprint density at radius 2 is 2.00 bits per heavy atom. The minimum absolute atomic E-state index is 0.0286. The topological polar surface area (TPSA) is 72.7 Å². The Kier molecular flexibility index (Phi) is 5.55. The summed E-state index contributed by atoms with van der Waals surface area (Å²) in [5.74, 6) is 0.564. The van der Waals surface area contributed by atoms with Crippen LogP contribution in [0.2, 0.25) is 0 Å². The van der Waals surface area contributed by atoms with Crippen LogP contribution < -0.4 is 5.32 Å². The molecule has 1 aromatic heterocycles. The molecule has 3 rings (SSSR count). The summed E-state index contributed by atoms with van der Waals surface area (Å²) in [6.07, 6.45) is 1.04. The van der Waals surface area contributed by atoms with Crippen LogP contribution in [0.15, 0.2) is 53.0 Å². The van der Waals surface area contributed by atoms with E-state index in [-0.39, 0.29) is 5.91 Å². The summed E-state index contributed by atoms with van der Waals surface area (Å²) < 4.78 is 0.977. The third-order valence-electron chi connectivity index (χ3n) is 3.70. The second kappa shape index (κ2) is 8.02. The van der Waals surface area contributed by atoms with E-state index in [1.807, 2.05) is 55.5 Å². The minimum Gasteiger partial charge on any atom is -0.326 e. The van der Waals surface area contributed by atoms with E-state index in [0.29, 0.717) is 25.2 Å². The van der Waals surface area contributed by atoms with Crippen LogP contribution in [0.4, 0.5) is 5.69 Å². The zero-order valence-electron chi connectivity index (χ0n) is 13.8. The number of rotatable bonds is 6. The number of amides is 1. The second-order valence-corrected chi connectivity index (χ2v) is 6.54. The van der Waals surface area contributed by atoms with Crippen molar-refractivity contribution in [2.45, 2.75) is 26.3 Å². The van der Waals surface area contributed by atoms with E-state index in [1.165, 1.54) is 4.80 Å². The van der Waals surface area contributed by atoms with E-state index in [9.17, 15) is 4.79 Å². The number of anilines is 1. The van der Waals surface area contributed by atoms with Crippen LogP contribution >= 0.6 is 15.9 Å². The highest BCUT2D eigenvalue weighted by atomic mass is 79.9. The van der Waals surface area contributed by atoms with Crippen LogP contribution in [0.1, 0.15) is 18.4 Å². The monoisotopic (exact) mass is 399 g/mol. The molecule has 1 N–H and O–H groups in total. The van der Waals surface area contributed by atoms with Gasteiger partial charge >= 0.3 is 0 Å². The van der Waals surface area contributed by atoms with E-state index in [2.05, 4.69) is 36.7 Å². The highest BCUT2D eigenvalue weighted by Gasteiger charge is 2.07. The quantitative estimate of drug-likeness (QED) is 0.683. The van der Waals surface area contributed by atoms with Crippen molar-refractivity contribution in [3.05, 3.63) is 58.6 Å². The molecule has 0 aliphatic rings. The molecule has 6 nitrogen and oxygen atoms in total. The Bertz CT molecular complexity index is 863. The van der Waals surface area contributed by atoms with Gasteiger partial charge in [-0.25, -0.2) is 0 Å². The van der Waals surface area contributed by atoms with Gasteiger partial charge in [-0.05, 0) is 36.3 Å². The Hall–Kier alpha value is -2.54. The number of hydrogen-bond donors (Lipinski definition) is 1. The van der Waals surface area contributed by atoms with Gasteiger partial charge in [0.1, 0.15) is 0 Å². The number of nitrogens with zero attached hydrogens (tertiary/aromatic N) is 4. The number of nitrogens with one attached hydrogen (secondary N) is 1. The van der Waals surface area contributed by atoms with E-state index in [0.717, 1.165) is 21.3 Å². The van der Waals surface area contributed by atoms with Gasteiger partial charge in [-0.1, -0.05) is 52.3 Å². The number of aromatic nitrogens is 4. The Balaban J connectivity index is 1.48. The molecule has 0 saturated carbocycles. The summed E-state index contributed by atoms with van der Waals surface area (Å²) in [5, 5.41) is 15.3. The summed E-state index contributed by atoms with van der Waals surface area (Å²) in [6, 6.07) is 15.4. The first-order valence-corrected chi connectivity index (χ1v) is 8.80. The smallest absolute Gasteiger partial charge is 0.224 e. The van der Waals surface area contributed by atoms with Crippen molar-refractivity contribution in [1.82, 2.24) is 20.2 Å². The number of carbonyl (C=O) groups is 1. The molecule has 128 valence electrons. The molecule has 1 amide bonds. The normalized spacial score (nSPS) is 10.6. The molecular weight excluding hydrogens is 382 g/mol. The second-order valence-electron chi connectivity index (χ2n) is 5.69. The van der Waals surface area contributed by atoms with Crippen LogP contribution in [0.25, 0.3) is 11.4 Å². The Labute approximate surface area is 154 Å². The van der Waals surface area contributed by atoms with Crippen LogP contribution in [0, 0.1) is 6.92 Å². The number of benzene rings is 2. The van der Waals surface area contributed by atoms with Gasteiger partial charge in [-0.3, -0.25) is 4.79 Å². The molecule has 0 spiro atoms. The number of halogens is 1. The van der Waals surface area contributed by atoms with Crippen molar-refractivity contribution in [2.24, 2.45) is 0 Å². The number of aryl methyl sites for hydroxylation is 2. The van der Waals surface area contributed by atoms with Crippen LogP contribution in [-0.2, 0) is 11.3 Å². The van der Waals surface area contributed by atoms with E-state index in [4.69, 9.17) is 0 Å². The predicted octanol–water partition coefficient (Wildman–Crippen LogP) is 3.83. The lowest BCUT2D eigenvalue weighted by Crippen LogP contribution is -2.13. The van der Waals surface area contributed by atoms with E-state index < -0.39 is 0 Å². The summed E-state index contributed by atoms with van der Waals surface area (Å²) >= 11 is 3.46. The first kappa shape index (κ1) is 17.3. The van der Waals surface area contributed by atoms with Gasteiger partial charge in [0, 0.05) is 22.1 Å². The Morgan fingerprint density at radius 1 is 1.20 bits per heavy atom. The zero-order valence-corrected chi connectivity index (χ0v) is 15.4. The third-order valence-corrected chi connectivity index (χ3v) is 4.56. The molecule has 0 aliphatic heterocycles. The molecule has 0 unspecified atom stereocenters. The van der Waals surface area contributed by atoms with Crippen molar-refractivity contribution < 1.29 is 4.79 Å². The van der Waals surface area contributed by atoms with Crippen molar-refractivity contribution in [3.63, 3.8) is 0 Å². The average Bonchev–Trinajstić information content (AvgIpc) is 3.08. The van der Waals surface area contributed by atoms with Crippen molar-refractivity contribution in [1.29, 1.82) is 0 Å². The number of tetrazole rings is 1. The molecule has 1 heterocycles. The van der Waals surface area contributed by atoms with Gasteiger partial charge in [0.05, 0.1) is 6.54 Å². The fraction of sp³-hybridized carbons (Fsp3) is 0.222. The first-order valence-electron chi connectivity index (χ1n) is 8.01.